The number of likely N-dealkylation sites (tertiary alicyclic amines) is 1. The first-order chi connectivity index (χ1) is 9.24. The first-order valence-corrected chi connectivity index (χ1v) is 6.38. The van der Waals surface area contributed by atoms with Crippen LogP contribution in [0.5, 0.6) is 0 Å². The summed E-state index contributed by atoms with van der Waals surface area (Å²) in [6.45, 7) is 1.39. The summed E-state index contributed by atoms with van der Waals surface area (Å²) in [7, 11) is 0. The van der Waals surface area contributed by atoms with E-state index in [0.29, 0.717) is 30.2 Å². The molecule has 2 aromatic rings. The number of hydrogen-bond acceptors (Lipinski definition) is 4. The smallest absolute Gasteiger partial charge is 0.274 e. The quantitative estimate of drug-likeness (QED) is 0.882. The van der Waals surface area contributed by atoms with Gasteiger partial charge in [-0.05, 0) is 25.0 Å². The lowest BCUT2D eigenvalue weighted by Crippen LogP contribution is -2.42. The number of nitrogens with one attached hydrogen (secondary N) is 1. The average molecular weight is 297 g/mol. The second-order valence-electron chi connectivity index (χ2n) is 4.77. The molecule has 0 spiro atoms. The highest BCUT2D eigenvalue weighted by atomic mass is 35.5. The highest BCUT2D eigenvalue weighted by Crippen LogP contribution is 2.19. The Labute approximate surface area is 122 Å². The van der Waals surface area contributed by atoms with Gasteiger partial charge >= 0.3 is 0 Å². The van der Waals surface area contributed by atoms with Gasteiger partial charge in [0.15, 0.2) is 11.5 Å². The van der Waals surface area contributed by atoms with Crippen molar-refractivity contribution in [3.63, 3.8) is 0 Å². The summed E-state index contributed by atoms with van der Waals surface area (Å²) in [5.74, 6) is 0.619. The molecular formula is C13H17ClN4O2. The van der Waals surface area contributed by atoms with E-state index in [1.165, 1.54) is 0 Å². The molecule has 1 fully saturated rings. The van der Waals surface area contributed by atoms with E-state index in [1.54, 1.807) is 23.3 Å². The monoisotopic (exact) mass is 296 g/mol. The number of H-pyrrole nitrogens is 1. The molecule has 6 nitrogen and oxygen atoms in total. The number of piperidine rings is 1. The predicted molar refractivity (Wildman–Crippen MR) is 76.7 cm³/mol. The van der Waals surface area contributed by atoms with Gasteiger partial charge in [-0.2, -0.15) is 5.10 Å². The third kappa shape index (κ3) is 2.86. The third-order valence-electron chi connectivity index (χ3n) is 3.41. The Morgan fingerprint density at radius 1 is 1.45 bits per heavy atom. The Balaban J connectivity index is 0.00000147. The van der Waals surface area contributed by atoms with Crippen molar-refractivity contribution in [2.24, 2.45) is 5.73 Å². The van der Waals surface area contributed by atoms with Crippen molar-refractivity contribution in [2.75, 3.05) is 13.1 Å². The Bertz CT molecular complexity index is 559. The molecule has 0 aliphatic carbocycles. The van der Waals surface area contributed by atoms with E-state index in [1.807, 2.05) is 6.07 Å². The van der Waals surface area contributed by atoms with Crippen molar-refractivity contribution >= 4 is 18.3 Å². The maximum Gasteiger partial charge on any atom is 0.274 e. The number of furan rings is 1. The van der Waals surface area contributed by atoms with Crippen molar-refractivity contribution in [2.45, 2.75) is 18.9 Å². The zero-order valence-corrected chi connectivity index (χ0v) is 11.7. The highest BCUT2D eigenvalue weighted by Gasteiger charge is 2.23. The number of halogens is 1. The number of aromatic nitrogens is 2. The molecule has 7 heteroatoms. The minimum atomic E-state index is -0.0547. The van der Waals surface area contributed by atoms with Crippen LogP contribution in [0, 0.1) is 0 Å². The highest BCUT2D eigenvalue weighted by molar-refractivity contribution is 5.93. The van der Waals surface area contributed by atoms with Crippen LogP contribution in [0.2, 0.25) is 0 Å². The topological polar surface area (TPSA) is 88.1 Å². The lowest BCUT2D eigenvalue weighted by atomic mass is 10.1. The number of carbonyl (C=O) groups is 1. The molecular weight excluding hydrogens is 280 g/mol. The maximum absolute atomic E-state index is 12.3. The SMILES string of the molecule is Cl.NC1CCN(C(=O)c2cc(-c3ccco3)[nH]n2)CC1. The van der Waals surface area contributed by atoms with E-state index in [-0.39, 0.29) is 24.4 Å². The zero-order chi connectivity index (χ0) is 13.2. The van der Waals surface area contributed by atoms with Crippen LogP contribution in [0.15, 0.2) is 28.9 Å². The van der Waals surface area contributed by atoms with Crippen LogP contribution < -0.4 is 5.73 Å². The van der Waals surface area contributed by atoms with Gasteiger partial charge in [-0.15, -0.1) is 12.4 Å². The molecule has 0 atom stereocenters. The maximum atomic E-state index is 12.3. The normalized spacial score (nSPS) is 15.9. The van der Waals surface area contributed by atoms with Gasteiger partial charge in [0.2, 0.25) is 0 Å². The van der Waals surface area contributed by atoms with Crippen LogP contribution in [0.25, 0.3) is 11.5 Å². The van der Waals surface area contributed by atoms with Gasteiger partial charge in [0, 0.05) is 25.2 Å². The summed E-state index contributed by atoms with van der Waals surface area (Å²) in [5, 5.41) is 6.88. The van der Waals surface area contributed by atoms with Gasteiger partial charge in [-0.1, -0.05) is 0 Å². The summed E-state index contributed by atoms with van der Waals surface area (Å²) in [6, 6.07) is 5.54. The van der Waals surface area contributed by atoms with E-state index in [9.17, 15) is 4.79 Å². The molecule has 3 N–H and O–H groups in total. The number of carbonyl (C=O) groups excluding carboxylic acids is 1. The summed E-state index contributed by atoms with van der Waals surface area (Å²) < 4.78 is 5.26. The zero-order valence-electron chi connectivity index (χ0n) is 10.9. The summed E-state index contributed by atoms with van der Waals surface area (Å²) in [4.78, 5) is 14.1. The number of amides is 1. The molecule has 3 heterocycles. The molecule has 20 heavy (non-hydrogen) atoms. The molecule has 0 radical (unpaired) electrons. The van der Waals surface area contributed by atoms with Gasteiger partial charge in [-0.3, -0.25) is 9.89 Å². The molecule has 108 valence electrons. The van der Waals surface area contributed by atoms with Crippen LogP contribution in [-0.4, -0.2) is 40.1 Å². The van der Waals surface area contributed by atoms with E-state index < -0.39 is 0 Å². The Hall–Kier alpha value is -1.79. The van der Waals surface area contributed by atoms with Crippen molar-refractivity contribution in [3.8, 4) is 11.5 Å². The van der Waals surface area contributed by atoms with E-state index in [0.717, 1.165) is 12.8 Å². The molecule has 2 aromatic heterocycles. The molecule has 0 saturated carbocycles. The van der Waals surface area contributed by atoms with E-state index >= 15 is 0 Å². The molecule has 1 aliphatic rings. The van der Waals surface area contributed by atoms with E-state index in [2.05, 4.69) is 10.2 Å². The van der Waals surface area contributed by atoms with Crippen LogP contribution in [0.1, 0.15) is 23.3 Å². The fourth-order valence-corrected chi connectivity index (χ4v) is 2.25. The van der Waals surface area contributed by atoms with Crippen LogP contribution in [0.4, 0.5) is 0 Å². The molecule has 0 aromatic carbocycles. The van der Waals surface area contributed by atoms with Gasteiger partial charge in [0.1, 0.15) is 5.69 Å². The summed E-state index contributed by atoms with van der Waals surface area (Å²) >= 11 is 0. The van der Waals surface area contributed by atoms with Crippen molar-refractivity contribution in [1.29, 1.82) is 0 Å². The van der Waals surface area contributed by atoms with Crippen LogP contribution in [-0.2, 0) is 0 Å². The van der Waals surface area contributed by atoms with Gasteiger partial charge in [-0.25, -0.2) is 0 Å². The number of aromatic amines is 1. The van der Waals surface area contributed by atoms with Gasteiger partial charge in [0.05, 0.1) is 6.26 Å². The van der Waals surface area contributed by atoms with Gasteiger partial charge < -0.3 is 15.1 Å². The third-order valence-corrected chi connectivity index (χ3v) is 3.41. The minimum absolute atomic E-state index is 0. The molecule has 3 rings (SSSR count). The fraction of sp³-hybridized carbons (Fsp3) is 0.385. The Morgan fingerprint density at radius 3 is 2.85 bits per heavy atom. The predicted octanol–water partition coefficient (Wildman–Crippen LogP) is 1.65. The van der Waals surface area contributed by atoms with Crippen LogP contribution in [0.3, 0.4) is 0 Å². The van der Waals surface area contributed by atoms with Crippen molar-refractivity contribution in [1.82, 2.24) is 15.1 Å². The lowest BCUT2D eigenvalue weighted by Gasteiger charge is -2.29. The Morgan fingerprint density at radius 2 is 2.20 bits per heavy atom. The summed E-state index contributed by atoms with van der Waals surface area (Å²) in [5.41, 5.74) is 6.96. The molecule has 1 aliphatic heterocycles. The number of rotatable bonds is 2. The molecule has 1 amide bonds. The fourth-order valence-electron chi connectivity index (χ4n) is 2.25. The average Bonchev–Trinajstić information content (AvgIpc) is 3.10. The summed E-state index contributed by atoms with van der Waals surface area (Å²) in [6.07, 6.45) is 3.28. The van der Waals surface area contributed by atoms with Crippen molar-refractivity contribution < 1.29 is 9.21 Å². The number of hydrogen-bond donors (Lipinski definition) is 2. The first-order valence-electron chi connectivity index (χ1n) is 6.38. The minimum Gasteiger partial charge on any atom is -0.463 e. The van der Waals surface area contributed by atoms with Gasteiger partial charge in [0.25, 0.3) is 5.91 Å². The van der Waals surface area contributed by atoms with E-state index in [4.69, 9.17) is 10.2 Å². The second-order valence-corrected chi connectivity index (χ2v) is 4.77. The first kappa shape index (κ1) is 14.6. The number of nitrogens with zero attached hydrogens (tertiary/aromatic N) is 2. The molecule has 1 saturated heterocycles. The Kier molecular flexibility index (Phi) is 4.46. The molecule has 0 bridgehead atoms. The number of nitrogens with two attached hydrogens (primary N) is 1. The van der Waals surface area contributed by atoms with Crippen LogP contribution >= 0.6 is 12.4 Å². The largest absolute Gasteiger partial charge is 0.463 e. The second kappa shape index (κ2) is 6.11. The lowest BCUT2D eigenvalue weighted by molar-refractivity contribution is 0.0709. The standard InChI is InChI=1S/C13H16N4O2.ClH/c14-9-3-5-17(6-4-9)13(18)11-8-10(15-16-11)12-2-1-7-19-12;/h1-2,7-9H,3-6,14H2,(H,15,16);1H. The molecule has 0 unspecified atom stereocenters. The van der Waals surface area contributed by atoms with Crippen molar-refractivity contribution in [3.05, 3.63) is 30.2 Å².